The molecule has 0 atom stereocenters. The van der Waals surface area contributed by atoms with Gasteiger partial charge in [-0.05, 0) is 24.1 Å². The van der Waals surface area contributed by atoms with Crippen LogP contribution in [0.2, 0.25) is 0 Å². The molecule has 3 aromatic rings. The quantitative estimate of drug-likeness (QED) is 0.285. The van der Waals surface area contributed by atoms with E-state index >= 15 is 0 Å². The maximum atomic E-state index is 12.5. The van der Waals surface area contributed by atoms with Crippen molar-refractivity contribution in [3.63, 3.8) is 0 Å². The summed E-state index contributed by atoms with van der Waals surface area (Å²) in [5, 5.41) is 29.9. The molecule has 0 spiro atoms. The van der Waals surface area contributed by atoms with Crippen molar-refractivity contribution in [2.75, 3.05) is 5.32 Å². The van der Waals surface area contributed by atoms with Crippen LogP contribution in [0, 0.1) is 21.4 Å². The fourth-order valence-corrected chi connectivity index (χ4v) is 2.78. The van der Waals surface area contributed by atoms with Gasteiger partial charge in [-0.3, -0.25) is 20.0 Å². The summed E-state index contributed by atoms with van der Waals surface area (Å²) in [5.74, 6) is -0.740. The van der Waals surface area contributed by atoms with Crippen molar-refractivity contribution in [1.82, 2.24) is 10.2 Å². The Kier molecular flexibility index (Phi) is 5.80. The maximum absolute atomic E-state index is 12.5. The number of benzene rings is 2. The third-order valence-corrected chi connectivity index (χ3v) is 4.33. The van der Waals surface area contributed by atoms with E-state index < -0.39 is 10.8 Å². The number of carbonyl (C=O) groups excluding carboxylic acids is 1. The van der Waals surface area contributed by atoms with E-state index in [0.717, 1.165) is 12.0 Å². The molecule has 8 nitrogen and oxygen atoms in total. The van der Waals surface area contributed by atoms with E-state index in [2.05, 4.69) is 22.4 Å². The number of hydrogen-bond donors (Lipinski definition) is 2. The lowest BCUT2D eigenvalue weighted by Gasteiger charge is -2.05. The van der Waals surface area contributed by atoms with Gasteiger partial charge < -0.3 is 5.32 Å². The molecule has 0 saturated carbocycles. The molecule has 29 heavy (non-hydrogen) atoms. The molecule has 1 aromatic heterocycles. The highest BCUT2D eigenvalue weighted by molar-refractivity contribution is 6.10. The van der Waals surface area contributed by atoms with Crippen molar-refractivity contribution in [1.29, 1.82) is 5.26 Å². The summed E-state index contributed by atoms with van der Waals surface area (Å²) in [6, 6.07) is 15.4. The molecule has 0 aliphatic carbocycles. The Balaban J connectivity index is 1.89. The monoisotopic (exact) mass is 387 g/mol. The lowest BCUT2D eigenvalue weighted by atomic mass is 10.0. The minimum absolute atomic E-state index is 0.0196. The first-order valence-electron chi connectivity index (χ1n) is 8.82. The highest BCUT2D eigenvalue weighted by Gasteiger charge is 2.18. The van der Waals surface area contributed by atoms with E-state index in [9.17, 15) is 20.2 Å². The van der Waals surface area contributed by atoms with Crippen LogP contribution in [0.5, 0.6) is 0 Å². The first-order valence-corrected chi connectivity index (χ1v) is 8.82. The van der Waals surface area contributed by atoms with Crippen molar-refractivity contribution in [3.8, 4) is 17.3 Å². The number of nitro groups is 1. The summed E-state index contributed by atoms with van der Waals surface area (Å²) >= 11 is 0. The largest absolute Gasteiger partial charge is 0.316 e. The fourth-order valence-electron chi connectivity index (χ4n) is 2.78. The van der Waals surface area contributed by atoms with Crippen molar-refractivity contribution in [2.45, 2.75) is 13.3 Å². The van der Waals surface area contributed by atoms with E-state index in [1.165, 1.54) is 36.0 Å². The Morgan fingerprint density at radius 3 is 2.66 bits per heavy atom. The number of nitriles is 1. The van der Waals surface area contributed by atoms with Gasteiger partial charge in [0.05, 0.1) is 16.8 Å². The van der Waals surface area contributed by atoms with E-state index in [4.69, 9.17) is 0 Å². The number of rotatable bonds is 6. The van der Waals surface area contributed by atoms with E-state index in [1.54, 1.807) is 6.07 Å². The van der Waals surface area contributed by atoms with E-state index in [0.29, 0.717) is 11.3 Å². The topological polar surface area (TPSA) is 125 Å². The fraction of sp³-hybridized carbons (Fsp3) is 0.0952. The highest BCUT2D eigenvalue weighted by Crippen LogP contribution is 2.26. The lowest BCUT2D eigenvalue weighted by Crippen LogP contribution is -2.14. The second-order valence-corrected chi connectivity index (χ2v) is 6.15. The number of aromatic nitrogens is 2. The van der Waals surface area contributed by atoms with Crippen LogP contribution >= 0.6 is 0 Å². The average molecular weight is 387 g/mol. The van der Waals surface area contributed by atoms with E-state index in [1.807, 2.05) is 30.3 Å². The Labute approximate surface area is 166 Å². The molecule has 0 aliphatic heterocycles. The normalized spacial score (nSPS) is 11.0. The second-order valence-electron chi connectivity index (χ2n) is 6.15. The van der Waals surface area contributed by atoms with Gasteiger partial charge in [-0.15, -0.1) is 0 Å². The van der Waals surface area contributed by atoms with Crippen LogP contribution in [0.1, 0.15) is 18.1 Å². The van der Waals surface area contributed by atoms with Crippen LogP contribution in [0.25, 0.3) is 17.3 Å². The van der Waals surface area contributed by atoms with Crippen molar-refractivity contribution in [2.24, 2.45) is 0 Å². The van der Waals surface area contributed by atoms with Crippen molar-refractivity contribution >= 4 is 23.4 Å². The summed E-state index contributed by atoms with van der Waals surface area (Å²) < 4.78 is 0. The van der Waals surface area contributed by atoms with E-state index in [-0.39, 0.29) is 16.9 Å². The summed E-state index contributed by atoms with van der Waals surface area (Å²) in [6.45, 7) is 2.06. The predicted molar refractivity (Wildman–Crippen MR) is 109 cm³/mol. The average Bonchev–Trinajstić information content (AvgIpc) is 3.20. The zero-order chi connectivity index (χ0) is 20.8. The van der Waals surface area contributed by atoms with Gasteiger partial charge in [0.2, 0.25) is 0 Å². The molecule has 144 valence electrons. The first-order chi connectivity index (χ1) is 14.0. The molecule has 0 aliphatic rings. The lowest BCUT2D eigenvalue weighted by molar-refractivity contribution is -0.383. The minimum Gasteiger partial charge on any atom is -0.316 e. The number of nitrogens with one attached hydrogen (secondary N) is 2. The number of aryl methyl sites for hydroxylation is 1. The van der Waals surface area contributed by atoms with Gasteiger partial charge in [0.1, 0.15) is 17.3 Å². The second kappa shape index (κ2) is 8.63. The predicted octanol–water partition coefficient (Wildman–Crippen LogP) is 4.09. The third-order valence-electron chi connectivity index (χ3n) is 4.33. The number of nitrogens with zero attached hydrogens (tertiary/aromatic N) is 3. The van der Waals surface area contributed by atoms with Gasteiger partial charge in [-0.25, -0.2) is 0 Å². The Morgan fingerprint density at radius 1 is 1.28 bits per heavy atom. The summed E-state index contributed by atoms with van der Waals surface area (Å²) in [5.41, 5.74) is 2.84. The Morgan fingerprint density at radius 2 is 2.00 bits per heavy atom. The first kappa shape index (κ1) is 19.5. The number of para-hydroxylation sites is 2. The molecule has 0 fully saturated rings. The van der Waals surface area contributed by atoms with Crippen LogP contribution in [0.15, 0.2) is 60.3 Å². The molecule has 3 rings (SSSR count). The number of H-pyrrole nitrogens is 1. The van der Waals surface area contributed by atoms with Crippen molar-refractivity contribution in [3.05, 3.63) is 81.5 Å². The Bertz CT molecular complexity index is 1120. The molecule has 0 unspecified atom stereocenters. The van der Waals surface area contributed by atoms with Crippen LogP contribution in [0.3, 0.4) is 0 Å². The summed E-state index contributed by atoms with van der Waals surface area (Å²) in [4.78, 5) is 23.0. The molecular weight excluding hydrogens is 370 g/mol. The molecule has 1 heterocycles. The molecular formula is C21H17N5O3. The highest BCUT2D eigenvalue weighted by atomic mass is 16.6. The molecule has 0 bridgehead atoms. The number of amides is 1. The van der Waals surface area contributed by atoms with Gasteiger partial charge in [-0.1, -0.05) is 43.3 Å². The van der Waals surface area contributed by atoms with Crippen LogP contribution in [-0.2, 0) is 11.2 Å². The van der Waals surface area contributed by atoms with Gasteiger partial charge >= 0.3 is 0 Å². The third kappa shape index (κ3) is 4.36. The van der Waals surface area contributed by atoms with Crippen LogP contribution < -0.4 is 5.32 Å². The number of hydrogen-bond acceptors (Lipinski definition) is 5. The van der Waals surface area contributed by atoms with Gasteiger partial charge in [-0.2, -0.15) is 10.4 Å². The summed E-state index contributed by atoms with van der Waals surface area (Å²) in [7, 11) is 0. The Hall–Kier alpha value is -4.25. The number of nitro benzene ring substituents is 1. The number of anilines is 1. The summed E-state index contributed by atoms with van der Waals surface area (Å²) in [6.07, 6.45) is 3.83. The zero-order valence-electron chi connectivity index (χ0n) is 15.5. The van der Waals surface area contributed by atoms with Crippen LogP contribution in [-0.4, -0.2) is 21.0 Å². The van der Waals surface area contributed by atoms with Crippen molar-refractivity contribution < 1.29 is 9.72 Å². The molecule has 1 amide bonds. The molecule has 2 aromatic carbocycles. The maximum Gasteiger partial charge on any atom is 0.292 e. The number of carbonyl (C=O) groups is 1. The van der Waals surface area contributed by atoms with Gasteiger partial charge in [0.25, 0.3) is 11.6 Å². The molecule has 0 radical (unpaired) electrons. The SMILES string of the molecule is CCc1ccc(-c2[nH]ncc2/C=C(\C#N)C(=O)Nc2ccccc2[N+](=O)[O-])cc1. The molecule has 8 heteroatoms. The minimum atomic E-state index is -0.740. The zero-order valence-corrected chi connectivity index (χ0v) is 15.5. The van der Waals surface area contributed by atoms with Gasteiger partial charge in [0.15, 0.2) is 0 Å². The smallest absolute Gasteiger partial charge is 0.292 e. The number of aromatic amines is 1. The van der Waals surface area contributed by atoms with Gasteiger partial charge in [0, 0.05) is 17.2 Å². The van der Waals surface area contributed by atoms with Crippen LogP contribution in [0.4, 0.5) is 11.4 Å². The molecule has 2 N–H and O–H groups in total. The molecule has 0 saturated heterocycles. The standard InChI is InChI=1S/C21H17N5O3/c1-2-14-7-9-15(10-8-14)20-17(13-23-25-20)11-16(12-22)21(27)24-18-5-3-4-6-19(18)26(28)29/h3-11,13H,2H2,1H3,(H,23,25)(H,24,27)/b16-11+.